The summed E-state index contributed by atoms with van der Waals surface area (Å²) < 4.78 is 0. The fourth-order valence-electron chi connectivity index (χ4n) is 2.23. The van der Waals surface area contributed by atoms with Crippen LogP contribution in [0.5, 0.6) is 0 Å². The number of benzene rings is 1. The molecule has 0 radical (unpaired) electrons. The van der Waals surface area contributed by atoms with Gasteiger partial charge in [-0.25, -0.2) is 4.79 Å². The van der Waals surface area contributed by atoms with E-state index in [0.717, 1.165) is 35.8 Å². The van der Waals surface area contributed by atoms with Crippen LogP contribution in [0.3, 0.4) is 0 Å². The van der Waals surface area contributed by atoms with Crippen LogP contribution in [0.4, 0.5) is 10.5 Å². The molecule has 6 heteroatoms. The Morgan fingerprint density at radius 1 is 1.18 bits per heavy atom. The molecule has 1 aliphatic rings. The molecule has 5 nitrogen and oxygen atoms in total. The van der Waals surface area contributed by atoms with E-state index in [0.29, 0.717) is 6.42 Å². The van der Waals surface area contributed by atoms with Crippen LogP contribution in [-0.4, -0.2) is 47.5 Å². The minimum Gasteiger partial charge on any atom is -0.341 e. The number of nitrogens with one attached hydrogen (secondary N) is 2. The molecule has 0 unspecified atom stereocenters. The number of hydrogen-bond donors (Lipinski definition) is 2. The zero-order chi connectivity index (χ0) is 15.9. The average molecular weight is 321 g/mol. The molecule has 1 aromatic rings. The van der Waals surface area contributed by atoms with Crippen molar-refractivity contribution in [3.05, 3.63) is 29.8 Å². The molecule has 0 atom stereocenters. The van der Waals surface area contributed by atoms with Gasteiger partial charge in [0, 0.05) is 36.3 Å². The number of hydrogen-bond acceptors (Lipinski definition) is 3. The Kier molecular flexibility index (Phi) is 6.12. The highest BCUT2D eigenvalue weighted by Crippen LogP contribution is 2.13. The predicted octanol–water partition coefficient (Wildman–Crippen LogP) is 2.33. The van der Waals surface area contributed by atoms with Gasteiger partial charge in [0.05, 0.1) is 6.42 Å². The lowest BCUT2D eigenvalue weighted by molar-refractivity contribution is -0.130. The molecule has 3 amide bonds. The maximum atomic E-state index is 12.2. The summed E-state index contributed by atoms with van der Waals surface area (Å²) in [5.74, 6) is 2.23. The third-order valence-electron chi connectivity index (χ3n) is 3.35. The third-order valence-corrected chi connectivity index (χ3v) is 4.29. The first kappa shape index (κ1) is 16.7. The van der Waals surface area contributed by atoms with Gasteiger partial charge in [0.25, 0.3) is 0 Å². The molecule has 1 aromatic carbocycles. The minimum atomic E-state index is -0.218. The molecule has 22 heavy (non-hydrogen) atoms. The number of amides is 3. The van der Waals surface area contributed by atoms with Crippen LogP contribution in [0.2, 0.25) is 0 Å². The standard InChI is InChI=1S/C16H23N3O2S/c1-12(2)17-16(21)18-14-5-3-13(4-6-14)11-15(20)19-7-9-22-10-8-19/h3-6,12H,7-11H2,1-2H3,(H2,17,18,21). The Labute approximate surface area is 135 Å². The summed E-state index contributed by atoms with van der Waals surface area (Å²) in [5, 5.41) is 5.54. The number of rotatable bonds is 4. The summed E-state index contributed by atoms with van der Waals surface area (Å²) in [6.07, 6.45) is 0.420. The van der Waals surface area contributed by atoms with E-state index in [1.807, 2.05) is 54.8 Å². The number of anilines is 1. The van der Waals surface area contributed by atoms with E-state index in [1.165, 1.54) is 0 Å². The highest BCUT2D eigenvalue weighted by molar-refractivity contribution is 7.99. The lowest BCUT2D eigenvalue weighted by Crippen LogP contribution is -2.38. The smallest absolute Gasteiger partial charge is 0.319 e. The number of carbonyl (C=O) groups excluding carboxylic acids is 2. The van der Waals surface area contributed by atoms with Crippen LogP contribution in [-0.2, 0) is 11.2 Å². The van der Waals surface area contributed by atoms with Gasteiger partial charge >= 0.3 is 6.03 Å². The van der Waals surface area contributed by atoms with Crippen LogP contribution >= 0.6 is 11.8 Å². The largest absolute Gasteiger partial charge is 0.341 e. The van der Waals surface area contributed by atoms with Crippen molar-refractivity contribution in [2.75, 3.05) is 29.9 Å². The fraction of sp³-hybridized carbons (Fsp3) is 0.500. The van der Waals surface area contributed by atoms with Crippen molar-refractivity contribution < 1.29 is 9.59 Å². The molecule has 1 aliphatic heterocycles. The summed E-state index contributed by atoms with van der Waals surface area (Å²) in [6, 6.07) is 7.32. The summed E-state index contributed by atoms with van der Waals surface area (Å²) in [6.45, 7) is 5.51. The van der Waals surface area contributed by atoms with Crippen molar-refractivity contribution in [1.29, 1.82) is 0 Å². The Bertz CT molecular complexity index is 511. The van der Waals surface area contributed by atoms with Gasteiger partial charge in [-0.05, 0) is 31.5 Å². The Morgan fingerprint density at radius 3 is 2.41 bits per heavy atom. The molecule has 120 valence electrons. The van der Waals surface area contributed by atoms with Crippen molar-refractivity contribution in [3.63, 3.8) is 0 Å². The second kappa shape index (κ2) is 8.08. The van der Waals surface area contributed by atoms with Gasteiger partial charge in [-0.3, -0.25) is 4.79 Å². The number of urea groups is 1. The second-order valence-electron chi connectivity index (χ2n) is 5.62. The lowest BCUT2D eigenvalue weighted by Gasteiger charge is -2.26. The Balaban J connectivity index is 1.86. The van der Waals surface area contributed by atoms with Gasteiger partial charge in [-0.15, -0.1) is 0 Å². The number of nitrogens with zero attached hydrogens (tertiary/aromatic N) is 1. The first-order chi connectivity index (χ1) is 10.5. The third kappa shape index (κ3) is 5.26. The van der Waals surface area contributed by atoms with Crippen LogP contribution in [0.25, 0.3) is 0 Å². The monoisotopic (exact) mass is 321 g/mol. The maximum Gasteiger partial charge on any atom is 0.319 e. The van der Waals surface area contributed by atoms with E-state index < -0.39 is 0 Å². The van der Waals surface area contributed by atoms with Crippen molar-refractivity contribution in [2.45, 2.75) is 26.3 Å². The summed E-state index contributed by atoms with van der Waals surface area (Å²) in [7, 11) is 0. The summed E-state index contributed by atoms with van der Waals surface area (Å²) in [5.41, 5.74) is 1.70. The molecule has 2 N–H and O–H groups in total. The molecular weight excluding hydrogens is 298 g/mol. The van der Waals surface area contributed by atoms with Crippen LogP contribution in [0, 0.1) is 0 Å². The van der Waals surface area contributed by atoms with Crippen LogP contribution in [0.15, 0.2) is 24.3 Å². The van der Waals surface area contributed by atoms with Crippen molar-refractivity contribution in [1.82, 2.24) is 10.2 Å². The highest BCUT2D eigenvalue weighted by Gasteiger charge is 2.16. The van der Waals surface area contributed by atoms with Gasteiger partial charge in [-0.2, -0.15) is 11.8 Å². The Morgan fingerprint density at radius 2 is 1.82 bits per heavy atom. The van der Waals surface area contributed by atoms with Crippen molar-refractivity contribution in [3.8, 4) is 0 Å². The van der Waals surface area contributed by atoms with Gasteiger partial charge in [0.15, 0.2) is 0 Å². The SMILES string of the molecule is CC(C)NC(=O)Nc1ccc(CC(=O)N2CCSCC2)cc1. The van der Waals surface area contributed by atoms with Crippen LogP contribution in [0.1, 0.15) is 19.4 Å². The molecule has 0 bridgehead atoms. The van der Waals surface area contributed by atoms with E-state index in [1.54, 1.807) is 0 Å². The zero-order valence-corrected chi connectivity index (χ0v) is 13.9. The maximum absolute atomic E-state index is 12.2. The van der Waals surface area contributed by atoms with Gasteiger partial charge in [0.1, 0.15) is 0 Å². The van der Waals surface area contributed by atoms with E-state index in [-0.39, 0.29) is 18.0 Å². The molecule has 0 aromatic heterocycles. The van der Waals surface area contributed by atoms with E-state index >= 15 is 0 Å². The molecule has 0 saturated carbocycles. The number of thioether (sulfide) groups is 1. The van der Waals surface area contributed by atoms with Gasteiger partial charge in [-0.1, -0.05) is 12.1 Å². The highest BCUT2D eigenvalue weighted by atomic mass is 32.2. The summed E-state index contributed by atoms with van der Waals surface area (Å²) in [4.78, 5) is 25.7. The molecule has 1 saturated heterocycles. The van der Waals surface area contributed by atoms with E-state index in [4.69, 9.17) is 0 Å². The van der Waals surface area contributed by atoms with Crippen LogP contribution < -0.4 is 10.6 Å². The van der Waals surface area contributed by atoms with Gasteiger partial charge in [0.2, 0.25) is 5.91 Å². The summed E-state index contributed by atoms with van der Waals surface area (Å²) >= 11 is 1.89. The minimum absolute atomic E-state index is 0.0969. The zero-order valence-electron chi connectivity index (χ0n) is 13.1. The molecule has 2 rings (SSSR count). The fourth-order valence-corrected chi connectivity index (χ4v) is 3.14. The predicted molar refractivity (Wildman–Crippen MR) is 91.3 cm³/mol. The van der Waals surface area contributed by atoms with Crippen molar-refractivity contribution >= 4 is 29.4 Å². The normalized spacial score (nSPS) is 14.8. The van der Waals surface area contributed by atoms with E-state index in [2.05, 4.69) is 10.6 Å². The molecule has 0 aliphatic carbocycles. The van der Waals surface area contributed by atoms with Crippen molar-refractivity contribution in [2.24, 2.45) is 0 Å². The topological polar surface area (TPSA) is 61.4 Å². The molecule has 1 heterocycles. The number of carbonyl (C=O) groups is 2. The quantitative estimate of drug-likeness (QED) is 0.895. The average Bonchev–Trinajstić information content (AvgIpc) is 2.49. The van der Waals surface area contributed by atoms with E-state index in [9.17, 15) is 9.59 Å². The molecule has 1 fully saturated rings. The Hall–Kier alpha value is -1.69. The molecule has 0 spiro atoms. The second-order valence-corrected chi connectivity index (χ2v) is 6.84. The lowest BCUT2D eigenvalue weighted by atomic mass is 10.1. The first-order valence-electron chi connectivity index (χ1n) is 7.56. The van der Waals surface area contributed by atoms with Gasteiger partial charge < -0.3 is 15.5 Å². The first-order valence-corrected chi connectivity index (χ1v) is 8.72. The molecular formula is C16H23N3O2S.